The Morgan fingerprint density at radius 3 is 1.59 bits per heavy atom. The van der Waals surface area contributed by atoms with Crippen LogP contribution in [0.3, 0.4) is 0 Å². The van der Waals surface area contributed by atoms with Gasteiger partial charge in [0, 0.05) is 6.42 Å². The predicted molar refractivity (Wildman–Crippen MR) is 128 cm³/mol. The lowest BCUT2D eigenvalue weighted by molar-refractivity contribution is -0.143. The summed E-state index contributed by atoms with van der Waals surface area (Å²) in [6, 6.07) is 0. The fourth-order valence-electron chi connectivity index (χ4n) is 3.87. The number of esters is 1. The zero-order valence-electron chi connectivity index (χ0n) is 20.5. The summed E-state index contributed by atoms with van der Waals surface area (Å²) in [6.07, 6.45) is 27.0. The smallest absolute Gasteiger partial charge is 0.305 e. The molecule has 174 valence electrons. The van der Waals surface area contributed by atoms with Gasteiger partial charge in [-0.1, -0.05) is 136 Å². The van der Waals surface area contributed by atoms with E-state index < -0.39 is 0 Å². The summed E-state index contributed by atoms with van der Waals surface area (Å²) < 4.78 is 5.37. The van der Waals surface area contributed by atoms with Gasteiger partial charge in [0.2, 0.25) is 0 Å². The van der Waals surface area contributed by atoms with Crippen molar-refractivity contribution in [2.45, 2.75) is 156 Å². The molecule has 0 N–H and O–H groups in total. The van der Waals surface area contributed by atoms with Gasteiger partial charge >= 0.3 is 5.97 Å². The Balaban J connectivity index is 3.16. The Hall–Kier alpha value is -0.530. The van der Waals surface area contributed by atoms with Crippen molar-refractivity contribution >= 4 is 5.97 Å². The van der Waals surface area contributed by atoms with Gasteiger partial charge in [0.1, 0.15) is 0 Å². The Bertz CT molecular complexity index is 326. The highest BCUT2D eigenvalue weighted by Crippen LogP contribution is 2.14. The van der Waals surface area contributed by atoms with Crippen molar-refractivity contribution in [3.8, 4) is 0 Å². The van der Waals surface area contributed by atoms with E-state index in [1.165, 1.54) is 116 Å². The monoisotopic (exact) mass is 410 g/mol. The highest BCUT2D eigenvalue weighted by atomic mass is 16.5. The lowest BCUT2D eigenvalue weighted by Gasteiger charge is -2.07. The fraction of sp³-hybridized carbons (Fsp3) is 0.963. The van der Waals surface area contributed by atoms with Gasteiger partial charge in [0.15, 0.2) is 0 Å². The first-order valence-electron chi connectivity index (χ1n) is 13.4. The van der Waals surface area contributed by atoms with Crippen LogP contribution in [-0.4, -0.2) is 12.6 Å². The van der Waals surface area contributed by atoms with Crippen LogP contribution in [0.5, 0.6) is 0 Å². The molecule has 0 bridgehead atoms. The highest BCUT2D eigenvalue weighted by molar-refractivity contribution is 5.69. The van der Waals surface area contributed by atoms with Crippen LogP contribution in [-0.2, 0) is 9.53 Å². The number of carbonyl (C=O) groups is 1. The summed E-state index contributed by atoms with van der Waals surface area (Å²) in [4.78, 5) is 11.7. The standard InChI is InChI=1S/C27H54O2/c1-4-6-7-8-9-10-11-12-13-14-15-16-19-22-25-29-27(28)24-21-18-17-20-23-26(3)5-2/h26H,4-25H2,1-3H3/t26-/m0/s1. The molecule has 0 unspecified atom stereocenters. The van der Waals surface area contributed by atoms with Gasteiger partial charge in [-0.05, 0) is 18.8 Å². The van der Waals surface area contributed by atoms with E-state index in [4.69, 9.17) is 4.74 Å². The summed E-state index contributed by atoms with van der Waals surface area (Å²) in [7, 11) is 0. The molecule has 0 aliphatic carbocycles. The molecule has 0 aliphatic rings. The van der Waals surface area contributed by atoms with Crippen LogP contribution in [0, 0.1) is 5.92 Å². The van der Waals surface area contributed by atoms with Gasteiger partial charge in [-0.15, -0.1) is 0 Å². The van der Waals surface area contributed by atoms with Crippen LogP contribution >= 0.6 is 0 Å². The van der Waals surface area contributed by atoms with Crippen molar-refractivity contribution in [1.82, 2.24) is 0 Å². The molecule has 0 rings (SSSR count). The maximum Gasteiger partial charge on any atom is 0.305 e. The third-order valence-electron chi connectivity index (χ3n) is 6.29. The molecular weight excluding hydrogens is 356 g/mol. The van der Waals surface area contributed by atoms with Crippen molar-refractivity contribution in [3.63, 3.8) is 0 Å². The maximum absolute atomic E-state index is 11.7. The van der Waals surface area contributed by atoms with E-state index in [-0.39, 0.29) is 5.97 Å². The Labute approximate surface area is 184 Å². The average Bonchev–Trinajstić information content (AvgIpc) is 2.73. The molecule has 0 fully saturated rings. The summed E-state index contributed by atoms with van der Waals surface area (Å²) in [5.41, 5.74) is 0. The summed E-state index contributed by atoms with van der Waals surface area (Å²) in [6.45, 7) is 7.50. The van der Waals surface area contributed by atoms with Gasteiger partial charge in [-0.25, -0.2) is 0 Å². The largest absolute Gasteiger partial charge is 0.466 e. The Morgan fingerprint density at radius 2 is 1.07 bits per heavy atom. The van der Waals surface area contributed by atoms with E-state index in [2.05, 4.69) is 20.8 Å². The second kappa shape index (κ2) is 23.7. The van der Waals surface area contributed by atoms with Crippen molar-refractivity contribution in [2.24, 2.45) is 5.92 Å². The maximum atomic E-state index is 11.7. The first-order chi connectivity index (χ1) is 14.2. The molecule has 0 aromatic carbocycles. The summed E-state index contributed by atoms with van der Waals surface area (Å²) in [5, 5.41) is 0. The quantitative estimate of drug-likeness (QED) is 0.124. The third-order valence-corrected chi connectivity index (χ3v) is 6.29. The van der Waals surface area contributed by atoms with Crippen LogP contribution in [0.25, 0.3) is 0 Å². The van der Waals surface area contributed by atoms with Crippen molar-refractivity contribution < 1.29 is 9.53 Å². The number of rotatable bonds is 23. The molecule has 0 spiro atoms. The zero-order chi connectivity index (χ0) is 21.4. The topological polar surface area (TPSA) is 26.3 Å². The lowest BCUT2D eigenvalue weighted by atomic mass is 10.0. The first-order valence-corrected chi connectivity index (χ1v) is 13.4. The van der Waals surface area contributed by atoms with Crippen LogP contribution in [0.15, 0.2) is 0 Å². The number of unbranched alkanes of at least 4 members (excludes halogenated alkanes) is 16. The molecule has 2 nitrogen and oxygen atoms in total. The molecule has 0 aliphatic heterocycles. The predicted octanol–water partition coefficient (Wildman–Crippen LogP) is 9.40. The van der Waals surface area contributed by atoms with Crippen LogP contribution in [0.4, 0.5) is 0 Å². The summed E-state index contributed by atoms with van der Waals surface area (Å²) >= 11 is 0. The van der Waals surface area contributed by atoms with Gasteiger partial charge < -0.3 is 4.74 Å². The van der Waals surface area contributed by atoms with E-state index in [9.17, 15) is 4.79 Å². The first kappa shape index (κ1) is 28.5. The van der Waals surface area contributed by atoms with E-state index in [0.717, 1.165) is 18.8 Å². The normalized spacial score (nSPS) is 12.2. The average molecular weight is 411 g/mol. The van der Waals surface area contributed by atoms with Crippen molar-refractivity contribution in [2.75, 3.05) is 6.61 Å². The SMILES string of the molecule is CCCCCCCCCCCCCCCCOC(=O)CCCCCC[C@@H](C)CC. The third kappa shape index (κ3) is 23.6. The molecular formula is C27H54O2. The molecule has 0 aromatic heterocycles. The molecule has 29 heavy (non-hydrogen) atoms. The fourth-order valence-corrected chi connectivity index (χ4v) is 3.87. The van der Waals surface area contributed by atoms with Crippen molar-refractivity contribution in [1.29, 1.82) is 0 Å². The second-order valence-corrected chi connectivity index (χ2v) is 9.28. The Kier molecular flexibility index (Phi) is 23.3. The number of ether oxygens (including phenoxy) is 1. The van der Waals surface area contributed by atoms with E-state index >= 15 is 0 Å². The summed E-state index contributed by atoms with van der Waals surface area (Å²) in [5.74, 6) is 0.867. The van der Waals surface area contributed by atoms with Crippen LogP contribution < -0.4 is 0 Å². The molecule has 0 heterocycles. The minimum Gasteiger partial charge on any atom is -0.466 e. The minimum atomic E-state index is 0.0154. The molecule has 1 atom stereocenters. The number of hydrogen-bond acceptors (Lipinski definition) is 2. The Morgan fingerprint density at radius 1 is 0.621 bits per heavy atom. The number of hydrogen-bond donors (Lipinski definition) is 0. The van der Waals surface area contributed by atoms with E-state index in [0.29, 0.717) is 13.0 Å². The zero-order valence-corrected chi connectivity index (χ0v) is 20.5. The van der Waals surface area contributed by atoms with Gasteiger partial charge in [0.25, 0.3) is 0 Å². The molecule has 0 amide bonds. The van der Waals surface area contributed by atoms with Crippen LogP contribution in [0.1, 0.15) is 156 Å². The molecule has 2 heteroatoms. The highest BCUT2D eigenvalue weighted by Gasteiger charge is 2.03. The molecule has 0 aromatic rings. The van der Waals surface area contributed by atoms with Gasteiger partial charge in [-0.2, -0.15) is 0 Å². The molecule has 0 saturated heterocycles. The molecule has 0 saturated carbocycles. The second-order valence-electron chi connectivity index (χ2n) is 9.28. The van der Waals surface area contributed by atoms with E-state index in [1.807, 2.05) is 0 Å². The lowest BCUT2D eigenvalue weighted by Crippen LogP contribution is -2.05. The molecule has 0 radical (unpaired) electrons. The van der Waals surface area contributed by atoms with E-state index in [1.54, 1.807) is 0 Å². The number of carbonyl (C=O) groups excluding carboxylic acids is 1. The van der Waals surface area contributed by atoms with Crippen LogP contribution in [0.2, 0.25) is 0 Å². The van der Waals surface area contributed by atoms with Crippen molar-refractivity contribution in [3.05, 3.63) is 0 Å². The van der Waals surface area contributed by atoms with Gasteiger partial charge in [-0.3, -0.25) is 4.79 Å². The van der Waals surface area contributed by atoms with Gasteiger partial charge in [0.05, 0.1) is 6.61 Å². The minimum absolute atomic E-state index is 0.0154.